The Labute approximate surface area is 153 Å². The molecule has 0 aliphatic heterocycles. The van der Waals surface area contributed by atoms with E-state index < -0.39 is 0 Å². The monoisotopic (exact) mass is 430 g/mol. The molecule has 1 aromatic carbocycles. The number of para-hydroxylation sites is 1. The number of methoxy groups -OCH3 is 1. The number of aryl methyl sites for hydroxylation is 2. The van der Waals surface area contributed by atoms with Crippen molar-refractivity contribution in [2.24, 2.45) is 4.99 Å². The van der Waals surface area contributed by atoms with Crippen molar-refractivity contribution in [2.45, 2.75) is 26.9 Å². The highest BCUT2D eigenvalue weighted by molar-refractivity contribution is 14.0. The van der Waals surface area contributed by atoms with E-state index in [0.29, 0.717) is 24.9 Å². The Kier molecular flexibility index (Phi) is 7.87. The first-order valence-electron chi connectivity index (χ1n) is 7.13. The number of nitrogens with one attached hydrogen (secondary N) is 2. The highest BCUT2D eigenvalue weighted by Crippen LogP contribution is 2.16. The van der Waals surface area contributed by atoms with Gasteiger partial charge in [-0.3, -0.25) is 4.99 Å². The van der Waals surface area contributed by atoms with Crippen LogP contribution in [-0.4, -0.2) is 25.1 Å². The first-order valence-corrected chi connectivity index (χ1v) is 7.13. The number of hydrogen-bond donors (Lipinski definition) is 2. The summed E-state index contributed by atoms with van der Waals surface area (Å²) >= 11 is 0. The first kappa shape index (κ1) is 19.3. The van der Waals surface area contributed by atoms with E-state index in [0.717, 1.165) is 22.8 Å². The van der Waals surface area contributed by atoms with Gasteiger partial charge >= 0.3 is 0 Å². The second kappa shape index (κ2) is 9.39. The zero-order valence-corrected chi connectivity index (χ0v) is 16.2. The second-order valence-electron chi connectivity index (χ2n) is 4.84. The summed E-state index contributed by atoms with van der Waals surface area (Å²) in [7, 11) is 3.39. The maximum Gasteiger partial charge on any atom is 0.214 e. The molecule has 1 aromatic heterocycles. The predicted octanol–water partition coefficient (Wildman–Crippen LogP) is 2.78. The number of oxazole rings is 1. The van der Waals surface area contributed by atoms with Crippen LogP contribution < -0.4 is 15.4 Å². The summed E-state index contributed by atoms with van der Waals surface area (Å²) in [6.45, 7) is 4.94. The molecule has 2 aromatic rings. The Morgan fingerprint density at radius 3 is 2.52 bits per heavy atom. The maximum absolute atomic E-state index is 5.53. The van der Waals surface area contributed by atoms with Crippen LogP contribution in [-0.2, 0) is 13.1 Å². The fourth-order valence-corrected chi connectivity index (χ4v) is 2.02. The van der Waals surface area contributed by atoms with Crippen LogP contribution in [0.15, 0.2) is 33.7 Å². The summed E-state index contributed by atoms with van der Waals surface area (Å²) < 4.78 is 10.9. The van der Waals surface area contributed by atoms with Crippen molar-refractivity contribution in [3.05, 3.63) is 47.2 Å². The average molecular weight is 430 g/mol. The SMILES string of the molecule is CN=C(NCc1nc(C)c(C)o1)NCc1ccccc1OC.I. The molecule has 0 aliphatic carbocycles. The third kappa shape index (κ3) is 5.42. The Hall–Kier alpha value is -1.77. The molecule has 0 bridgehead atoms. The third-order valence-electron chi connectivity index (χ3n) is 3.34. The fraction of sp³-hybridized carbons (Fsp3) is 0.375. The van der Waals surface area contributed by atoms with E-state index >= 15 is 0 Å². The van der Waals surface area contributed by atoms with E-state index in [4.69, 9.17) is 9.15 Å². The summed E-state index contributed by atoms with van der Waals surface area (Å²) in [5, 5.41) is 6.42. The van der Waals surface area contributed by atoms with Crippen LogP contribution in [0.3, 0.4) is 0 Å². The minimum Gasteiger partial charge on any atom is -0.496 e. The standard InChI is InChI=1S/C16H22N4O2.HI/c1-11-12(2)22-15(20-11)10-19-16(17-3)18-9-13-7-5-6-8-14(13)21-4;/h5-8H,9-10H2,1-4H3,(H2,17,18,19);1H. The summed E-state index contributed by atoms with van der Waals surface area (Å²) in [6, 6.07) is 7.88. The molecule has 0 unspecified atom stereocenters. The van der Waals surface area contributed by atoms with E-state index in [1.165, 1.54) is 0 Å². The number of guanidine groups is 1. The van der Waals surface area contributed by atoms with E-state index in [-0.39, 0.29) is 24.0 Å². The number of ether oxygens (including phenoxy) is 1. The van der Waals surface area contributed by atoms with Crippen LogP contribution in [0.2, 0.25) is 0 Å². The zero-order chi connectivity index (χ0) is 15.9. The molecule has 126 valence electrons. The number of rotatable bonds is 5. The van der Waals surface area contributed by atoms with Gasteiger partial charge in [0.15, 0.2) is 5.96 Å². The number of nitrogens with zero attached hydrogens (tertiary/aromatic N) is 2. The maximum atomic E-state index is 5.53. The Bertz CT molecular complexity index is 636. The fourth-order valence-electron chi connectivity index (χ4n) is 2.02. The number of halogens is 1. The van der Waals surface area contributed by atoms with Gasteiger partial charge in [0, 0.05) is 19.2 Å². The van der Waals surface area contributed by atoms with Crippen LogP contribution in [0.1, 0.15) is 22.9 Å². The van der Waals surface area contributed by atoms with Gasteiger partial charge in [0.05, 0.1) is 19.3 Å². The van der Waals surface area contributed by atoms with Gasteiger partial charge in [0.2, 0.25) is 5.89 Å². The van der Waals surface area contributed by atoms with Crippen LogP contribution in [0.25, 0.3) is 0 Å². The van der Waals surface area contributed by atoms with Crippen molar-refractivity contribution in [3.63, 3.8) is 0 Å². The molecule has 0 fully saturated rings. The van der Waals surface area contributed by atoms with Crippen molar-refractivity contribution >= 4 is 29.9 Å². The lowest BCUT2D eigenvalue weighted by Gasteiger charge is -2.12. The summed E-state index contributed by atoms with van der Waals surface area (Å²) in [5.74, 6) is 3.02. The van der Waals surface area contributed by atoms with Gasteiger partial charge in [0.1, 0.15) is 11.5 Å². The van der Waals surface area contributed by atoms with Crippen molar-refractivity contribution in [1.82, 2.24) is 15.6 Å². The molecule has 2 rings (SSSR count). The molecule has 2 N–H and O–H groups in total. The summed E-state index contributed by atoms with van der Waals surface area (Å²) in [6.07, 6.45) is 0. The molecule has 0 saturated carbocycles. The minimum absolute atomic E-state index is 0. The lowest BCUT2D eigenvalue weighted by molar-refractivity contribution is 0.409. The molecule has 1 heterocycles. The van der Waals surface area contributed by atoms with E-state index in [2.05, 4.69) is 20.6 Å². The normalized spacial score (nSPS) is 10.9. The van der Waals surface area contributed by atoms with Crippen LogP contribution >= 0.6 is 24.0 Å². The van der Waals surface area contributed by atoms with Gasteiger partial charge < -0.3 is 19.8 Å². The smallest absolute Gasteiger partial charge is 0.214 e. The largest absolute Gasteiger partial charge is 0.496 e. The van der Waals surface area contributed by atoms with E-state index in [9.17, 15) is 0 Å². The highest BCUT2D eigenvalue weighted by Gasteiger charge is 2.07. The summed E-state index contributed by atoms with van der Waals surface area (Å²) in [4.78, 5) is 8.52. The Morgan fingerprint density at radius 1 is 1.22 bits per heavy atom. The van der Waals surface area contributed by atoms with Crippen LogP contribution in [0.5, 0.6) is 5.75 Å². The highest BCUT2D eigenvalue weighted by atomic mass is 127. The topological polar surface area (TPSA) is 71.7 Å². The van der Waals surface area contributed by atoms with Gasteiger partial charge in [-0.15, -0.1) is 24.0 Å². The van der Waals surface area contributed by atoms with Gasteiger partial charge in [-0.05, 0) is 19.9 Å². The molecule has 7 heteroatoms. The Balaban J connectivity index is 0.00000264. The molecule has 0 amide bonds. The van der Waals surface area contributed by atoms with E-state index in [1.807, 2.05) is 38.1 Å². The van der Waals surface area contributed by atoms with Crippen LogP contribution in [0, 0.1) is 13.8 Å². The number of benzene rings is 1. The second-order valence-corrected chi connectivity index (χ2v) is 4.84. The molecule has 0 radical (unpaired) electrons. The minimum atomic E-state index is 0. The first-order chi connectivity index (χ1) is 10.6. The van der Waals surface area contributed by atoms with Crippen molar-refractivity contribution in [3.8, 4) is 5.75 Å². The lowest BCUT2D eigenvalue weighted by Crippen LogP contribution is -2.36. The molecule has 0 spiro atoms. The van der Waals surface area contributed by atoms with Crippen LogP contribution in [0.4, 0.5) is 0 Å². The van der Waals surface area contributed by atoms with E-state index in [1.54, 1.807) is 14.2 Å². The van der Waals surface area contributed by atoms with Crippen molar-refractivity contribution < 1.29 is 9.15 Å². The van der Waals surface area contributed by atoms with Crippen molar-refractivity contribution in [1.29, 1.82) is 0 Å². The van der Waals surface area contributed by atoms with Gasteiger partial charge in [-0.25, -0.2) is 4.98 Å². The predicted molar refractivity (Wildman–Crippen MR) is 101 cm³/mol. The quantitative estimate of drug-likeness (QED) is 0.434. The molecular formula is C16H23IN4O2. The third-order valence-corrected chi connectivity index (χ3v) is 3.34. The molecule has 0 atom stereocenters. The van der Waals surface area contributed by atoms with Gasteiger partial charge in [-0.2, -0.15) is 0 Å². The van der Waals surface area contributed by atoms with Gasteiger partial charge in [-0.1, -0.05) is 18.2 Å². The average Bonchev–Trinajstić information content (AvgIpc) is 2.86. The molecule has 23 heavy (non-hydrogen) atoms. The number of hydrogen-bond acceptors (Lipinski definition) is 4. The molecular weight excluding hydrogens is 407 g/mol. The number of aliphatic imine (C=N–C) groups is 1. The molecule has 6 nitrogen and oxygen atoms in total. The molecule has 0 aliphatic rings. The molecule has 0 saturated heterocycles. The number of aromatic nitrogens is 1. The lowest BCUT2D eigenvalue weighted by atomic mass is 10.2. The van der Waals surface area contributed by atoms with Crippen molar-refractivity contribution in [2.75, 3.05) is 14.2 Å². The summed E-state index contributed by atoms with van der Waals surface area (Å²) in [5.41, 5.74) is 1.98. The Morgan fingerprint density at radius 2 is 1.91 bits per heavy atom. The zero-order valence-electron chi connectivity index (χ0n) is 13.8. The van der Waals surface area contributed by atoms with Gasteiger partial charge in [0.25, 0.3) is 0 Å².